The van der Waals surface area contributed by atoms with E-state index in [1.54, 1.807) is 0 Å². The summed E-state index contributed by atoms with van der Waals surface area (Å²) in [5.74, 6) is -0.246. The molecule has 114 valence electrons. The van der Waals surface area contributed by atoms with E-state index in [9.17, 15) is 9.59 Å². The summed E-state index contributed by atoms with van der Waals surface area (Å²) < 4.78 is 4.72. The Morgan fingerprint density at radius 2 is 1.81 bits per heavy atom. The van der Waals surface area contributed by atoms with Gasteiger partial charge in [0.15, 0.2) is 5.78 Å². The molecule has 0 aromatic heterocycles. The van der Waals surface area contributed by atoms with Crippen LogP contribution in [0.15, 0.2) is 29.8 Å². The van der Waals surface area contributed by atoms with Crippen LogP contribution in [0, 0.1) is 0 Å². The lowest BCUT2D eigenvalue weighted by molar-refractivity contribution is -0.142. The van der Waals surface area contributed by atoms with E-state index in [4.69, 9.17) is 4.74 Å². The fourth-order valence-corrected chi connectivity index (χ4v) is 2.29. The monoisotopic (exact) mass is 288 g/mol. The lowest BCUT2D eigenvalue weighted by Gasteiger charge is -2.09. The number of allylic oxidation sites excluding steroid dienone is 1. The van der Waals surface area contributed by atoms with Gasteiger partial charge in [0, 0.05) is 6.42 Å². The van der Waals surface area contributed by atoms with Gasteiger partial charge in [0.25, 0.3) is 0 Å². The van der Waals surface area contributed by atoms with E-state index in [1.807, 2.05) is 51.1 Å². The van der Waals surface area contributed by atoms with E-state index < -0.39 is 0 Å². The third-order valence-electron chi connectivity index (χ3n) is 3.54. The summed E-state index contributed by atoms with van der Waals surface area (Å²) >= 11 is 0. The standard InChI is InChI=1S/C16H18O3.C2H6/c1-11(16(18)19-2)13-8-6-12(7-9-13)10-14-4-3-5-15(14)17;1-2/h6-11H,3-5H2,1-2H3;1-2H3/b14-10+;. The smallest absolute Gasteiger partial charge is 0.312 e. The molecule has 1 saturated carbocycles. The van der Waals surface area contributed by atoms with Crippen LogP contribution in [-0.4, -0.2) is 18.9 Å². The first-order valence-corrected chi connectivity index (χ1v) is 7.53. The summed E-state index contributed by atoms with van der Waals surface area (Å²) in [5, 5.41) is 0. The minimum absolute atomic E-state index is 0.239. The number of hydrogen-bond donors (Lipinski definition) is 0. The van der Waals surface area contributed by atoms with Gasteiger partial charge in [-0.25, -0.2) is 0 Å². The van der Waals surface area contributed by atoms with Crippen molar-refractivity contribution in [1.82, 2.24) is 0 Å². The summed E-state index contributed by atoms with van der Waals surface area (Å²) in [4.78, 5) is 23.0. The molecular weight excluding hydrogens is 264 g/mol. The van der Waals surface area contributed by atoms with Crippen molar-refractivity contribution < 1.29 is 14.3 Å². The fourth-order valence-electron chi connectivity index (χ4n) is 2.29. The maximum absolute atomic E-state index is 11.6. The Balaban J connectivity index is 0.00000106. The Bertz CT molecular complexity index is 512. The Hall–Kier alpha value is -1.90. The second kappa shape index (κ2) is 8.40. The number of esters is 1. The Morgan fingerprint density at radius 3 is 2.29 bits per heavy atom. The predicted molar refractivity (Wildman–Crippen MR) is 85.1 cm³/mol. The van der Waals surface area contributed by atoms with Gasteiger partial charge in [-0.1, -0.05) is 38.1 Å². The van der Waals surface area contributed by atoms with Crippen molar-refractivity contribution in [2.45, 2.75) is 46.0 Å². The summed E-state index contributed by atoms with van der Waals surface area (Å²) in [6.07, 6.45) is 4.45. The van der Waals surface area contributed by atoms with Gasteiger partial charge in [-0.3, -0.25) is 9.59 Å². The average molecular weight is 288 g/mol. The van der Waals surface area contributed by atoms with Gasteiger partial charge >= 0.3 is 5.97 Å². The highest BCUT2D eigenvalue weighted by molar-refractivity contribution is 6.01. The molecule has 2 rings (SSSR count). The second-order valence-electron chi connectivity index (χ2n) is 4.86. The first kappa shape index (κ1) is 17.2. The summed E-state index contributed by atoms with van der Waals surface area (Å²) in [6, 6.07) is 7.70. The van der Waals surface area contributed by atoms with Gasteiger partial charge in [-0.2, -0.15) is 0 Å². The molecule has 0 N–H and O–H groups in total. The zero-order valence-electron chi connectivity index (χ0n) is 13.3. The van der Waals surface area contributed by atoms with Crippen molar-refractivity contribution in [3.05, 3.63) is 41.0 Å². The van der Waals surface area contributed by atoms with E-state index in [0.29, 0.717) is 6.42 Å². The van der Waals surface area contributed by atoms with Crippen molar-refractivity contribution in [2.24, 2.45) is 0 Å². The molecule has 0 amide bonds. The number of carbonyl (C=O) groups excluding carboxylic acids is 2. The normalized spacial score (nSPS) is 17.1. The summed E-state index contributed by atoms with van der Waals surface area (Å²) in [7, 11) is 1.39. The molecule has 0 spiro atoms. The van der Waals surface area contributed by atoms with E-state index in [0.717, 1.165) is 29.5 Å². The van der Waals surface area contributed by atoms with Gasteiger partial charge in [-0.05, 0) is 42.5 Å². The van der Waals surface area contributed by atoms with Gasteiger partial charge in [0.05, 0.1) is 13.0 Å². The van der Waals surface area contributed by atoms with Crippen molar-refractivity contribution in [2.75, 3.05) is 7.11 Å². The lowest BCUT2D eigenvalue weighted by Crippen LogP contribution is -2.10. The van der Waals surface area contributed by atoms with Crippen LogP contribution in [0.1, 0.15) is 57.1 Å². The highest BCUT2D eigenvalue weighted by atomic mass is 16.5. The SMILES string of the molecule is CC.COC(=O)C(C)c1ccc(/C=C2\CCCC2=O)cc1. The van der Waals surface area contributed by atoms with Gasteiger partial charge in [-0.15, -0.1) is 0 Å². The van der Waals surface area contributed by atoms with Crippen LogP contribution in [0.2, 0.25) is 0 Å². The molecule has 0 heterocycles. The number of carbonyl (C=O) groups is 2. The zero-order valence-corrected chi connectivity index (χ0v) is 13.3. The zero-order chi connectivity index (χ0) is 15.8. The number of rotatable bonds is 3. The van der Waals surface area contributed by atoms with Crippen molar-refractivity contribution in [3.63, 3.8) is 0 Å². The number of Topliss-reactive ketones (excluding diaryl/α,β-unsaturated/α-hetero) is 1. The van der Waals surface area contributed by atoms with Crippen LogP contribution >= 0.6 is 0 Å². The molecule has 1 aliphatic carbocycles. The number of ketones is 1. The molecule has 0 aliphatic heterocycles. The molecule has 3 heteroatoms. The Morgan fingerprint density at radius 1 is 1.19 bits per heavy atom. The van der Waals surface area contributed by atoms with Crippen LogP contribution in [0.5, 0.6) is 0 Å². The van der Waals surface area contributed by atoms with Crippen molar-refractivity contribution in [1.29, 1.82) is 0 Å². The second-order valence-corrected chi connectivity index (χ2v) is 4.86. The molecule has 1 unspecified atom stereocenters. The predicted octanol–water partition coefficient (Wildman–Crippen LogP) is 4.13. The van der Waals surface area contributed by atoms with E-state index in [-0.39, 0.29) is 17.7 Å². The molecule has 1 aromatic carbocycles. The molecule has 0 bridgehead atoms. The topological polar surface area (TPSA) is 43.4 Å². The minimum Gasteiger partial charge on any atom is -0.469 e. The molecule has 1 aromatic rings. The third kappa shape index (κ3) is 4.55. The molecule has 21 heavy (non-hydrogen) atoms. The van der Waals surface area contributed by atoms with Gasteiger partial charge < -0.3 is 4.74 Å². The van der Waals surface area contributed by atoms with E-state index in [2.05, 4.69) is 0 Å². The molecule has 1 atom stereocenters. The quantitative estimate of drug-likeness (QED) is 0.620. The number of hydrogen-bond acceptors (Lipinski definition) is 3. The molecule has 0 radical (unpaired) electrons. The minimum atomic E-state index is -0.264. The summed E-state index contributed by atoms with van der Waals surface area (Å²) in [5.41, 5.74) is 2.84. The van der Waals surface area contributed by atoms with Crippen molar-refractivity contribution >= 4 is 17.8 Å². The molecule has 3 nitrogen and oxygen atoms in total. The van der Waals surface area contributed by atoms with Crippen LogP contribution in [0.25, 0.3) is 6.08 Å². The molecule has 1 fully saturated rings. The average Bonchev–Trinajstić information content (AvgIpc) is 2.93. The fraction of sp³-hybridized carbons (Fsp3) is 0.444. The van der Waals surface area contributed by atoms with E-state index in [1.165, 1.54) is 7.11 Å². The van der Waals surface area contributed by atoms with Crippen LogP contribution in [-0.2, 0) is 14.3 Å². The molecule has 1 aliphatic rings. The first-order valence-electron chi connectivity index (χ1n) is 7.53. The van der Waals surface area contributed by atoms with Gasteiger partial charge in [0.2, 0.25) is 0 Å². The highest BCUT2D eigenvalue weighted by Crippen LogP contribution is 2.24. The van der Waals surface area contributed by atoms with Crippen molar-refractivity contribution in [3.8, 4) is 0 Å². The maximum atomic E-state index is 11.6. The largest absolute Gasteiger partial charge is 0.469 e. The lowest BCUT2D eigenvalue weighted by atomic mass is 9.99. The molecule has 0 saturated heterocycles. The van der Waals surface area contributed by atoms with E-state index >= 15 is 0 Å². The maximum Gasteiger partial charge on any atom is 0.312 e. The highest BCUT2D eigenvalue weighted by Gasteiger charge is 2.17. The number of ether oxygens (including phenoxy) is 1. The van der Waals surface area contributed by atoms with Gasteiger partial charge in [0.1, 0.15) is 0 Å². The Kier molecular flexibility index (Phi) is 6.86. The summed E-state index contributed by atoms with van der Waals surface area (Å²) in [6.45, 7) is 5.82. The Labute approximate surface area is 127 Å². The molecular formula is C18H24O3. The number of methoxy groups -OCH3 is 1. The number of benzene rings is 1. The van der Waals surface area contributed by atoms with Crippen LogP contribution in [0.3, 0.4) is 0 Å². The van der Waals surface area contributed by atoms with Crippen LogP contribution < -0.4 is 0 Å². The third-order valence-corrected chi connectivity index (χ3v) is 3.54. The van der Waals surface area contributed by atoms with Crippen LogP contribution in [0.4, 0.5) is 0 Å². The first-order chi connectivity index (χ1) is 10.1.